The number of nitrogens with zero attached hydrogens (tertiary/aromatic N) is 5. The van der Waals surface area contributed by atoms with Crippen LogP contribution in [0.15, 0.2) is 30.5 Å². The first kappa shape index (κ1) is 25.1. The topological polar surface area (TPSA) is 93.0 Å². The summed E-state index contributed by atoms with van der Waals surface area (Å²) in [5.41, 5.74) is 2.02. The van der Waals surface area contributed by atoms with E-state index in [2.05, 4.69) is 35.2 Å². The second-order valence-electron chi connectivity index (χ2n) is 8.97. The van der Waals surface area contributed by atoms with Gasteiger partial charge in [0.05, 0.1) is 44.4 Å². The van der Waals surface area contributed by atoms with Crippen molar-refractivity contribution in [2.24, 2.45) is 5.92 Å². The van der Waals surface area contributed by atoms with Crippen molar-refractivity contribution in [1.82, 2.24) is 24.8 Å². The van der Waals surface area contributed by atoms with Gasteiger partial charge in [-0.15, -0.1) is 5.10 Å². The average molecular weight is 460 g/mol. The number of aryl methyl sites for hydroxylation is 1. The summed E-state index contributed by atoms with van der Waals surface area (Å²) < 4.78 is 13.7. The number of ether oxygens (including phenoxy) is 2. The summed E-state index contributed by atoms with van der Waals surface area (Å²) in [4.78, 5) is 17.0. The average Bonchev–Trinajstić information content (AvgIpc) is 3.26. The molecule has 1 aliphatic rings. The highest BCUT2D eigenvalue weighted by atomic mass is 16.5. The lowest BCUT2D eigenvalue weighted by Crippen LogP contribution is -2.47. The van der Waals surface area contributed by atoms with Crippen molar-refractivity contribution < 1.29 is 19.4 Å². The van der Waals surface area contributed by atoms with Crippen LogP contribution in [0.1, 0.15) is 37.9 Å². The van der Waals surface area contributed by atoms with Gasteiger partial charge in [0.25, 0.3) is 0 Å². The van der Waals surface area contributed by atoms with Crippen LogP contribution in [0, 0.1) is 5.92 Å². The van der Waals surface area contributed by atoms with E-state index in [-0.39, 0.29) is 30.6 Å². The Morgan fingerprint density at radius 1 is 1.36 bits per heavy atom. The fraction of sp³-hybridized carbons (Fsp3) is 0.625. The van der Waals surface area contributed by atoms with Crippen molar-refractivity contribution in [3.63, 3.8) is 0 Å². The molecule has 1 aromatic heterocycles. The number of carbonyl (C=O) groups is 1. The molecule has 0 saturated heterocycles. The van der Waals surface area contributed by atoms with E-state index in [1.54, 1.807) is 18.2 Å². The van der Waals surface area contributed by atoms with Gasteiger partial charge in [0.1, 0.15) is 5.75 Å². The number of para-hydroxylation sites is 1. The summed E-state index contributed by atoms with van der Waals surface area (Å²) >= 11 is 0. The lowest BCUT2D eigenvalue weighted by molar-refractivity contribution is -0.136. The number of hydrogen-bond acceptors (Lipinski definition) is 7. The van der Waals surface area contributed by atoms with Crippen molar-refractivity contribution in [3.8, 4) is 5.75 Å². The number of hydrogen-bond donors (Lipinski definition) is 1. The van der Waals surface area contributed by atoms with Gasteiger partial charge in [0.2, 0.25) is 5.91 Å². The summed E-state index contributed by atoms with van der Waals surface area (Å²) in [5.74, 6) is 0.971. The Morgan fingerprint density at radius 3 is 2.91 bits per heavy atom. The van der Waals surface area contributed by atoms with Crippen molar-refractivity contribution in [1.29, 1.82) is 0 Å². The van der Waals surface area contributed by atoms with Gasteiger partial charge in [-0.2, -0.15) is 0 Å². The van der Waals surface area contributed by atoms with Gasteiger partial charge in [-0.1, -0.05) is 30.3 Å². The summed E-state index contributed by atoms with van der Waals surface area (Å²) in [5, 5.41) is 17.9. The molecule has 1 N–H and O–H groups in total. The number of aliphatic hydroxyl groups excluding tert-OH is 1. The number of likely N-dealkylation sites (N-methyl/N-ethyl adjacent to an activating group) is 1. The minimum atomic E-state index is -0.239. The minimum Gasteiger partial charge on any atom is -0.496 e. The zero-order valence-electron chi connectivity index (χ0n) is 20.2. The Bertz CT molecular complexity index is 889. The van der Waals surface area contributed by atoms with Crippen molar-refractivity contribution in [2.75, 3.05) is 33.9 Å². The van der Waals surface area contributed by atoms with Gasteiger partial charge in [-0.25, -0.2) is 4.68 Å². The summed E-state index contributed by atoms with van der Waals surface area (Å²) in [6.45, 7) is 6.87. The normalized spacial score (nSPS) is 21.3. The summed E-state index contributed by atoms with van der Waals surface area (Å²) in [6.07, 6.45) is 2.68. The smallest absolute Gasteiger partial charge is 0.222 e. The number of carbonyl (C=O) groups excluding carboxylic acids is 1. The van der Waals surface area contributed by atoms with Crippen molar-refractivity contribution in [3.05, 3.63) is 41.7 Å². The Kier molecular flexibility index (Phi) is 9.22. The number of methoxy groups -OCH3 is 1. The second kappa shape index (κ2) is 12.1. The second-order valence-corrected chi connectivity index (χ2v) is 8.97. The molecule has 0 fully saturated rings. The van der Waals surface area contributed by atoms with Crippen LogP contribution in [0.5, 0.6) is 5.75 Å². The fourth-order valence-corrected chi connectivity index (χ4v) is 4.24. The Morgan fingerprint density at radius 2 is 2.15 bits per heavy atom. The van der Waals surface area contributed by atoms with E-state index in [1.807, 2.05) is 29.8 Å². The lowest BCUT2D eigenvalue weighted by atomic mass is 10.0. The third-order valence-corrected chi connectivity index (χ3v) is 6.26. The molecule has 1 aliphatic heterocycles. The van der Waals surface area contributed by atoms with Gasteiger partial charge < -0.3 is 19.5 Å². The molecule has 0 aliphatic carbocycles. The summed E-state index contributed by atoms with van der Waals surface area (Å²) in [6, 6.07) is 7.76. The fourth-order valence-electron chi connectivity index (χ4n) is 4.24. The van der Waals surface area contributed by atoms with Crippen LogP contribution in [0.3, 0.4) is 0 Å². The zero-order chi connectivity index (χ0) is 23.8. The van der Waals surface area contributed by atoms with Gasteiger partial charge in [-0.05, 0) is 26.5 Å². The van der Waals surface area contributed by atoms with E-state index in [4.69, 9.17) is 9.47 Å². The number of aliphatic hydroxyl groups is 1. The highest BCUT2D eigenvalue weighted by molar-refractivity contribution is 5.76. The molecule has 2 heterocycles. The molecule has 2 aromatic rings. The molecule has 0 unspecified atom stereocenters. The van der Waals surface area contributed by atoms with E-state index < -0.39 is 0 Å². The van der Waals surface area contributed by atoms with Crippen LogP contribution in [0.2, 0.25) is 0 Å². The molecule has 9 heteroatoms. The third kappa shape index (κ3) is 6.75. The van der Waals surface area contributed by atoms with E-state index >= 15 is 0 Å². The third-order valence-electron chi connectivity index (χ3n) is 6.26. The van der Waals surface area contributed by atoms with Crippen LogP contribution >= 0.6 is 0 Å². The van der Waals surface area contributed by atoms with E-state index in [0.29, 0.717) is 45.6 Å². The summed E-state index contributed by atoms with van der Waals surface area (Å²) in [7, 11) is 3.74. The predicted octanol–water partition coefficient (Wildman–Crippen LogP) is 1.94. The maximum atomic E-state index is 13.0. The van der Waals surface area contributed by atoms with Gasteiger partial charge in [0.15, 0.2) is 0 Å². The van der Waals surface area contributed by atoms with E-state index in [9.17, 15) is 9.90 Å². The number of benzene rings is 1. The predicted molar refractivity (Wildman–Crippen MR) is 125 cm³/mol. The van der Waals surface area contributed by atoms with Crippen LogP contribution in [-0.2, 0) is 29.2 Å². The minimum absolute atomic E-state index is 0.0479. The molecule has 9 nitrogen and oxygen atoms in total. The molecule has 0 saturated carbocycles. The molecule has 3 rings (SSSR count). The van der Waals surface area contributed by atoms with Crippen LogP contribution in [0.4, 0.5) is 0 Å². The number of fused-ring (bicyclic) bond motifs is 1. The lowest BCUT2D eigenvalue weighted by Gasteiger charge is -2.35. The number of aromatic nitrogens is 3. The first-order chi connectivity index (χ1) is 15.9. The molecule has 182 valence electrons. The quantitative estimate of drug-likeness (QED) is 0.676. The molecule has 0 radical (unpaired) electrons. The SMILES string of the molecule is COc1ccccc1CN(C)C[C@H]1OCc2cnnn2CCCC(=O)N([C@H](C)CO)C[C@H]1C. The highest BCUT2D eigenvalue weighted by Crippen LogP contribution is 2.21. The first-order valence-electron chi connectivity index (χ1n) is 11.6. The monoisotopic (exact) mass is 459 g/mol. The van der Waals surface area contributed by atoms with E-state index in [1.165, 1.54) is 0 Å². The molecule has 0 bridgehead atoms. The zero-order valence-corrected chi connectivity index (χ0v) is 20.2. The molecule has 1 amide bonds. The molecule has 33 heavy (non-hydrogen) atoms. The standard InChI is InChI=1S/C24H37N5O4/c1-18-13-28(19(2)16-30)24(31)10-7-11-29-21(12-25-26-29)17-33-23(18)15-27(3)14-20-8-5-6-9-22(20)32-4/h5-6,8-9,12,18-19,23,30H,7,10-11,13-17H2,1-4H3/t18-,19-,23-/m1/s1. The Balaban J connectivity index is 1.78. The number of rotatable bonds is 7. The molecule has 0 spiro atoms. The first-order valence-corrected chi connectivity index (χ1v) is 11.6. The number of amides is 1. The van der Waals surface area contributed by atoms with Gasteiger partial charge >= 0.3 is 0 Å². The maximum Gasteiger partial charge on any atom is 0.222 e. The van der Waals surface area contributed by atoms with Gasteiger partial charge in [-0.3, -0.25) is 9.69 Å². The van der Waals surface area contributed by atoms with Gasteiger partial charge in [0, 0.05) is 44.1 Å². The molecule has 1 aromatic carbocycles. The highest BCUT2D eigenvalue weighted by Gasteiger charge is 2.28. The largest absolute Gasteiger partial charge is 0.496 e. The van der Waals surface area contributed by atoms with Crippen molar-refractivity contribution >= 4 is 5.91 Å². The Hall–Kier alpha value is -2.49. The van der Waals surface area contributed by atoms with Crippen LogP contribution < -0.4 is 4.74 Å². The Labute approximate surface area is 196 Å². The molecular weight excluding hydrogens is 422 g/mol. The van der Waals surface area contributed by atoms with Crippen LogP contribution in [-0.4, -0.2) is 81.8 Å². The molecular formula is C24H37N5O4. The van der Waals surface area contributed by atoms with Crippen molar-refractivity contribution in [2.45, 2.75) is 58.5 Å². The molecule has 3 atom stereocenters. The van der Waals surface area contributed by atoms with Crippen LogP contribution in [0.25, 0.3) is 0 Å². The maximum absolute atomic E-state index is 13.0. The van der Waals surface area contributed by atoms with E-state index in [0.717, 1.165) is 17.0 Å².